The van der Waals surface area contributed by atoms with E-state index >= 15 is 0 Å². The molecule has 1 saturated heterocycles. The van der Waals surface area contributed by atoms with Gasteiger partial charge in [0, 0.05) is 24.6 Å². The van der Waals surface area contributed by atoms with Crippen LogP contribution in [-0.2, 0) is 4.79 Å². The predicted molar refractivity (Wildman–Crippen MR) is 93.8 cm³/mol. The molecule has 0 radical (unpaired) electrons. The largest absolute Gasteiger partial charge is 0.494 e. The van der Waals surface area contributed by atoms with Crippen molar-refractivity contribution in [3.63, 3.8) is 0 Å². The van der Waals surface area contributed by atoms with Crippen molar-refractivity contribution in [1.29, 1.82) is 0 Å². The average Bonchev–Trinajstić information content (AvgIpc) is 3.08. The van der Waals surface area contributed by atoms with Crippen LogP contribution < -0.4 is 4.74 Å². The molecule has 2 aromatic carbocycles. The Balaban J connectivity index is 1.82. The Hall–Kier alpha value is -2.82. The first kappa shape index (κ1) is 17.0. The van der Waals surface area contributed by atoms with Gasteiger partial charge in [-0.25, -0.2) is 0 Å². The molecular weight excluding hydrogens is 318 g/mol. The lowest BCUT2D eigenvalue weighted by Gasteiger charge is -2.17. The van der Waals surface area contributed by atoms with Crippen LogP contribution in [0.25, 0.3) is 0 Å². The number of benzene rings is 2. The summed E-state index contributed by atoms with van der Waals surface area (Å²) in [6, 6.07) is 16.5. The maximum absolute atomic E-state index is 12.8. The molecule has 1 amide bonds. The number of carboxylic acid groups (broad SMARTS) is 1. The van der Waals surface area contributed by atoms with Crippen LogP contribution in [0.1, 0.15) is 28.8 Å². The molecule has 2 aromatic rings. The molecule has 1 heterocycles. The summed E-state index contributed by atoms with van der Waals surface area (Å²) in [6.45, 7) is 3.03. The van der Waals surface area contributed by atoms with Crippen LogP contribution in [0.2, 0.25) is 0 Å². The summed E-state index contributed by atoms with van der Waals surface area (Å²) in [6.07, 6.45) is 0. The second-order valence-electron chi connectivity index (χ2n) is 6.13. The summed E-state index contributed by atoms with van der Waals surface area (Å²) in [7, 11) is 0. The molecule has 0 bridgehead atoms. The fraction of sp³-hybridized carbons (Fsp3) is 0.300. The minimum Gasteiger partial charge on any atom is -0.494 e. The molecule has 0 saturated carbocycles. The van der Waals surface area contributed by atoms with Gasteiger partial charge in [-0.2, -0.15) is 0 Å². The number of likely N-dealkylation sites (tertiary alicyclic amines) is 1. The normalized spacial score (nSPS) is 19.6. The summed E-state index contributed by atoms with van der Waals surface area (Å²) < 4.78 is 5.44. The van der Waals surface area contributed by atoms with Crippen molar-refractivity contribution in [2.24, 2.45) is 5.92 Å². The lowest BCUT2D eigenvalue weighted by molar-refractivity contribution is -0.141. The van der Waals surface area contributed by atoms with Crippen molar-refractivity contribution >= 4 is 11.9 Å². The van der Waals surface area contributed by atoms with E-state index in [1.54, 1.807) is 29.2 Å². The maximum atomic E-state index is 12.8. The second-order valence-corrected chi connectivity index (χ2v) is 6.13. The van der Waals surface area contributed by atoms with Gasteiger partial charge in [0.1, 0.15) is 5.75 Å². The first-order chi connectivity index (χ1) is 12.1. The van der Waals surface area contributed by atoms with Crippen LogP contribution in [0, 0.1) is 5.92 Å². The molecule has 1 fully saturated rings. The summed E-state index contributed by atoms with van der Waals surface area (Å²) in [4.78, 5) is 26.1. The molecule has 0 spiro atoms. The molecule has 0 aliphatic carbocycles. The first-order valence-corrected chi connectivity index (χ1v) is 8.40. The van der Waals surface area contributed by atoms with Crippen LogP contribution in [0.15, 0.2) is 54.6 Å². The summed E-state index contributed by atoms with van der Waals surface area (Å²) in [5, 5.41) is 9.57. The van der Waals surface area contributed by atoms with Gasteiger partial charge in [0.25, 0.3) is 5.91 Å². The van der Waals surface area contributed by atoms with E-state index in [4.69, 9.17) is 4.74 Å². The van der Waals surface area contributed by atoms with Crippen molar-refractivity contribution in [3.05, 3.63) is 65.7 Å². The van der Waals surface area contributed by atoms with Gasteiger partial charge in [-0.1, -0.05) is 36.4 Å². The second kappa shape index (κ2) is 7.38. The van der Waals surface area contributed by atoms with Crippen LogP contribution in [0.4, 0.5) is 0 Å². The molecule has 2 atom stereocenters. The van der Waals surface area contributed by atoms with E-state index in [0.717, 1.165) is 5.56 Å². The maximum Gasteiger partial charge on any atom is 0.308 e. The number of carboxylic acids is 1. The van der Waals surface area contributed by atoms with Crippen LogP contribution in [0.5, 0.6) is 5.75 Å². The van der Waals surface area contributed by atoms with E-state index in [1.165, 1.54) is 0 Å². The number of hydrogen-bond donors (Lipinski definition) is 1. The van der Waals surface area contributed by atoms with E-state index in [1.807, 2.05) is 37.3 Å². The van der Waals surface area contributed by atoms with Gasteiger partial charge in [0.2, 0.25) is 0 Å². The molecule has 0 aromatic heterocycles. The summed E-state index contributed by atoms with van der Waals surface area (Å²) in [5.74, 6) is -1.18. The third-order valence-corrected chi connectivity index (χ3v) is 4.54. The van der Waals surface area contributed by atoms with Gasteiger partial charge in [-0.05, 0) is 30.7 Å². The molecule has 5 nitrogen and oxygen atoms in total. The van der Waals surface area contributed by atoms with Gasteiger partial charge in [0.05, 0.1) is 12.5 Å². The average molecular weight is 339 g/mol. The third kappa shape index (κ3) is 3.65. The van der Waals surface area contributed by atoms with Crippen LogP contribution in [0.3, 0.4) is 0 Å². The zero-order valence-electron chi connectivity index (χ0n) is 14.1. The number of carbonyl (C=O) groups is 2. The third-order valence-electron chi connectivity index (χ3n) is 4.54. The fourth-order valence-corrected chi connectivity index (χ4v) is 3.33. The Bertz CT molecular complexity index is 759. The smallest absolute Gasteiger partial charge is 0.308 e. The topological polar surface area (TPSA) is 66.8 Å². The molecule has 0 unspecified atom stereocenters. The molecule has 130 valence electrons. The van der Waals surface area contributed by atoms with Gasteiger partial charge in [-0.15, -0.1) is 0 Å². The Morgan fingerprint density at radius 3 is 2.56 bits per heavy atom. The van der Waals surface area contributed by atoms with E-state index in [2.05, 4.69) is 0 Å². The van der Waals surface area contributed by atoms with Crippen LogP contribution in [-0.4, -0.2) is 41.6 Å². The van der Waals surface area contributed by atoms with Crippen molar-refractivity contribution in [2.45, 2.75) is 12.8 Å². The van der Waals surface area contributed by atoms with Crippen molar-refractivity contribution in [2.75, 3.05) is 19.7 Å². The highest BCUT2D eigenvalue weighted by Crippen LogP contribution is 2.33. The van der Waals surface area contributed by atoms with Gasteiger partial charge >= 0.3 is 5.97 Å². The van der Waals surface area contributed by atoms with E-state index < -0.39 is 11.9 Å². The van der Waals surface area contributed by atoms with Gasteiger partial charge < -0.3 is 14.7 Å². The van der Waals surface area contributed by atoms with Crippen molar-refractivity contribution < 1.29 is 19.4 Å². The van der Waals surface area contributed by atoms with Gasteiger partial charge in [-0.3, -0.25) is 9.59 Å². The highest BCUT2D eigenvalue weighted by atomic mass is 16.5. The zero-order chi connectivity index (χ0) is 17.8. The SMILES string of the molecule is CCOc1cccc(C(=O)N2C[C@H](C(=O)O)[C@H](c3ccccc3)C2)c1. The molecular formula is C20H21NO4. The molecule has 1 aliphatic rings. The molecule has 25 heavy (non-hydrogen) atoms. The van der Waals surface area contributed by atoms with Crippen molar-refractivity contribution in [3.8, 4) is 5.75 Å². The Morgan fingerprint density at radius 1 is 1.12 bits per heavy atom. The molecule has 5 heteroatoms. The molecule has 1 aliphatic heterocycles. The number of carbonyl (C=O) groups excluding carboxylic acids is 1. The highest BCUT2D eigenvalue weighted by molar-refractivity contribution is 5.95. The Morgan fingerprint density at radius 2 is 1.88 bits per heavy atom. The van der Waals surface area contributed by atoms with Crippen molar-refractivity contribution in [1.82, 2.24) is 4.90 Å². The number of ether oxygens (including phenoxy) is 1. The Kier molecular flexibility index (Phi) is 5.03. The fourth-order valence-electron chi connectivity index (χ4n) is 3.33. The number of rotatable bonds is 5. The summed E-state index contributed by atoms with van der Waals surface area (Å²) >= 11 is 0. The van der Waals surface area contributed by atoms with Gasteiger partial charge in [0.15, 0.2) is 0 Å². The monoisotopic (exact) mass is 339 g/mol. The number of aliphatic carboxylic acids is 1. The van der Waals surface area contributed by atoms with E-state index in [9.17, 15) is 14.7 Å². The quantitative estimate of drug-likeness (QED) is 0.909. The first-order valence-electron chi connectivity index (χ1n) is 8.40. The summed E-state index contributed by atoms with van der Waals surface area (Å²) in [5.41, 5.74) is 1.47. The molecule has 1 N–H and O–H groups in total. The van der Waals surface area contributed by atoms with E-state index in [0.29, 0.717) is 24.5 Å². The standard InChI is InChI=1S/C20H21NO4/c1-2-25-16-10-6-9-15(11-16)19(22)21-12-17(18(13-21)20(23)24)14-7-4-3-5-8-14/h3-11,17-18H,2,12-13H2,1H3,(H,23,24)/t17-,18-/m0/s1. The number of nitrogens with zero attached hydrogens (tertiary/aromatic N) is 1. The zero-order valence-corrected chi connectivity index (χ0v) is 14.1. The lowest BCUT2D eigenvalue weighted by Crippen LogP contribution is -2.29. The number of hydrogen-bond acceptors (Lipinski definition) is 3. The lowest BCUT2D eigenvalue weighted by atomic mass is 9.89. The Labute approximate surface area is 146 Å². The minimum atomic E-state index is -0.868. The predicted octanol–water partition coefficient (Wildman–Crippen LogP) is 3.03. The molecule has 3 rings (SSSR count). The highest BCUT2D eigenvalue weighted by Gasteiger charge is 2.40. The minimum absolute atomic E-state index is 0.161. The van der Waals surface area contributed by atoms with Crippen LogP contribution >= 0.6 is 0 Å². The number of amides is 1. The van der Waals surface area contributed by atoms with E-state index in [-0.39, 0.29) is 18.4 Å².